The summed E-state index contributed by atoms with van der Waals surface area (Å²) >= 11 is 1.42. The Balaban J connectivity index is 1.79. The van der Waals surface area contributed by atoms with Crippen molar-refractivity contribution in [3.05, 3.63) is 35.9 Å². The van der Waals surface area contributed by atoms with Crippen LogP contribution in [-0.4, -0.2) is 52.0 Å². The van der Waals surface area contributed by atoms with Crippen molar-refractivity contribution in [3.8, 4) is 0 Å². The number of nitrogens with one attached hydrogen (secondary N) is 1. The molecule has 1 heterocycles. The van der Waals surface area contributed by atoms with Crippen LogP contribution in [-0.2, 0) is 9.59 Å². The van der Waals surface area contributed by atoms with E-state index in [0.29, 0.717) is 17.2 Å². The molecule has 0 aromatic heterocycles. The lowest BCUT2D eigenvalue weighted by molar-refractivity contribution is -0.147. The van der Waals surface area contributed by atoms with E-state index in [2.05, 4.69) is 5.32 Å². The van der Waals surface area contributed by atoms with Crippen LogP contribution in [0.5, 0.6) is 0 Å². The standard InChI is InChI=1S/C14H16N2O4S/c17-12(16-9-21-8-11(16)14(19)20)6-7-15-13(18)10-4-2-1-3-5-10/h1-5,11H,6-9H2,(H,15,18)(H,19,20). The SMILES string of the molecule is O=C(NCCC(=O)N1CSCC1C(=O)O)c1ccccc1. The number of carboxylic acid groups (broad SMARTS) is 1. The Labute approximate surface area is 126 Å². The number of carbonyl (C=O) groups is 3. The molecule has 2 rings (SSSR count). The highest BCUT2D eigenvalue weighted by molar-refractivity contribution is 7.99. The number of hydrogen-bond donors (Lipinski definition) is 2. The summed E-state index contributed by atoms with van der Waals surface area (Å²) in [5.41, 5.74) is 0.532. The molecule has 112 valence electrons. The van der Waals surface area contributed by atoms with Gasteiger partial charge in [-0.15, -0.1) is 11.8 Å². The molecule has 1 aromatic carbocycles. The van der Waals surface area contributed by atoms with Gasteiger partial charge in [-0.3, -0.25) is 9.59 Å². The maximum absolute atomic E-state index is 12.0. The quantitative estimate of drug-likeness (QED) is 0.840. The molecule has 2 amide bonds. The van der Waals surface area contributed by atoms with Crippen molar-refractivity contribution in [2.45, 2.75) is 12.5 Å². The number of amides is 2. The van der Waals surface area contributed by atoms with Gasteiger partial charge in [0, 0.05) is 24.3 Å². The molecule has 1 fully saturated rings. The fourth-order valence-corrected chi connectivity index (χ4v) is 3.18. The van der Waals surface area contributed by atoms with Crippen molar-refractivity contribution in [2.24, 2.45) is 0 Å². The van der Waals surface area contributed by atoms with Gasteiger partial charge in [-0.1, -0.05) is 18.2 Å². The van der Waals surface area contributed by atoms with Crippen LogP contribution in [0.2, 0.25) is 0 Å². The summed E-state index contributed by atoms with van der Waals surface area (Å²) in [4.78, 5) is 36.1. The van der Waals surface area contributed by atoms with Crippen molar-refractivity contribution < 1.29 is 19.5 Å². The second kappa shape index (κ2) is 7.12. The number of carboxylic acids is 1. The molecule has 7 heteroatoms. The van der Waals surface area contributed by atoms with E-state index in [1.54, 1.807) is 24.3 Å². The molecule has 1 aliphatic rings. The summed E-state index contributed by atoms with van der Waals surface area (Å²) in [6.07, 6.45) is 0.100. The van der Waals surface area contributed by atoms with E-state index < -0.39 is 12.0 Å². The molecule has 6 nitrogen and oxygen atoms in total. The second-order valence-corrected chi connectivity index (χ2v) is 5.59. The van der Waals surface area contributed by atoms with Gasteiger partial charge in [-0.25, -0.2) is 4.79 Å². The van der Waals surface area contributed by atoms with Crippen LogP contribution in [0.1, 0.15) is 16.8 Å². The smallest absolute Gasteiger partial charge is 0.327 e. The van der Waals surface area contributed by atoms with Gasteiger partial charge in [-0.05, 0) is 12.1 Å². The number of rotatable bonds is 5. The van der Waals surface area contributed by atoms with Crippen molar-refractivity contribution in [2.75, 3.05) is 18.2 Å². The molecular weight excluding hydrogens is 292 g/mol. The highest BCUT2D eigenvalue weighted by atomic mass is 32.2. The van der Waals surface area contributed by atoms with Gasteiger partial charge in [0.2, 0.25) is 5.91 Å². The molecule has 1 aliphatic heterocycles. The molecule has 1 atom stereocenters. The Morgan fingerprint density at radius 3 is 2.67 bits per heavy atom. The van der Waals surface area contributed by atoms with Crippen LogP contribution in [0.4, 0.5) is 0 Å². The Bertz CT molecular complexity index is 535. The number of thioether (sulfide) groups is 1. The van der Waals surface area contributed by atoms with Crippen LogP contribution >= 0.6 is 11.8 Å². The molecule has 0 spiro atoms. The maximum Gasteiger partial charge on any atom is 0.327 e. The molecule has 0 radical (unpaired) electrons. The van der Waals surface area contributed by atoms with Gasteiger partial charge in [-0.2, -0.15) is 0 Å². The first kappa shape index (κ1) is 15.4. The Morgan fingerprint density at radius 1 is 1.29 bits per heavy atom. The first-order valence-corrected chi connectivity index (χ1v) is 7.68. The zero-order valence-electron chi connectivity index (χ0n) is 11.3. The topological polar surface area (TPSA) is 86.7 Å². The summed E-state index contributed by atoms with van der Waals surface area (Å²) < 4.78 is 0. The van der Waals surface area contributed by atoms with Gasteiger partial charge >= 0.3 is 5.97 Å². The molecule has 1 aromatic rings. The van der Waals surface area contributed by atoms with Crippen molar-refractivity contribution in [3.63, 3.8) is 0 Å². The second-order valence-electron chi connectivity index (χ2n) is 4.59. The van der Waals surface area contributed by atoms with Crippen LogP contribution in [0.25, 0.3) is 0 Å². The number of hydrogen-bond acceptors (Lipinski definition) is 4. The molecule has 21 heavy (non-hydrogen) atoms. The zero-order valence-corrected chi connectivity index (χ0v) is 12.1. The predicted molar refractivity (Wildman–Crippen MR) is 79.0 cm³/mol. The summed E-state index contributed by atoms with van der Waals surface area (Å²) in [6, 6.07) is 7.96. The van der Waals surface area contributed by atoms with Crippen molar-refractivity contribution in [1.29, 1.82) is 0 Å². The minimum absolute atomic E-state index is 0.100. The van der Waals surface area contributed by atoms with Crippen LogP contribution in [0.3, 0.4) is 0 Å². The molecule has 1 unspecified atom stereocenters. The third-order valence-corrected chi connectivity index (χ3v) is 4.16. The summed E-state index contributed by atoms with van der Waals surface area (Å²) in [5.74, 6) is -0.670. The lowest BCUT2D eigenvalue weighted by Gasteiger charge is -2.20. The van der Waals surface area contributed by atoms with E-state index in [1.807, 2.05) is 6.07 Å². The van der Waals surface area contributed by atoms with E-state index in [1.165, 1.54) is 16.7 Å². The Hall–Kier alpha value is -2.02. The van der Waals surface area contributed by atoms with Gasteiger partial charge in [0.05, 0.1) is 5.88 Å². The zero-order chi connectivity index (χ0) is 15.2. The highest BCUT2D eigenvalue weighted by Gasteiger charge is 2.34. The minimum atomic E-state index is -0.985. The highest BCUT2D eigenvalue weighted by Crippen LogP contribution is 2.21. The molecule has 0 bridgehead atoms. The summed E-state index contributed by atoms with van der Waals surface area (Å²) in [7, 11) is 0. The third-order valence-electron chi connectivity index (χ3n) is 3.15. The Kier molecular flexibility index (Phi) is 5.21. The van der Waals surface area contributed by atoms with E-state index in [0.717, 1.165) is 0 Å². The van der Waals surface area contributed by atoms with E-state index in [9.17, 15) is 14.4 Å². The van der Waals surface area contributed by atoms with Crippen LogP contribution in [0.15, 0.2) is 30.3 Å². The molecule has 0 aliphatic carbocycles. The Morgan fingerprint density at radius 2 is 2.00 bits per heavy atom. The first-order chi connectivity index (χ1) is 10.1. The van der Waals surface area contributed by atoms with Crippen molar-refractivity contribution in [1.82, 2.24) is 10.2 Å². The lowest BCUT2D eigenvalue weighted by Crippen LogP contribution is -2.42. The lowest BCUT2D eigenvalue weighted by atomic mass is 10.2. The first-order valence-electron chi connectivity index (χ1n) is 6.53. The maximum atomic E-state index is 12.0. The minimum Gasteiger partial charge on any atom is -0.480 e. The number of nitrogens with zero attached hydrogens (tertiary/aromatic N) is 1. The van der Waals surface area contributed by atoms with E-state index >= 15 is 0 Å². The number of benzene rings is 1. The predicted octanol–water partition coefficient (Wildman–Crippen LogP) is 0.793. The summed E-state index contributed by atoms with van der Waals surface area (Å²) in [6.45, 7) is 0.195. The molecule has 1 saturated heterocycles. The van der Waals surface area contributed by atoms with Gasteiger partial charge in [0.25, 0.3) is 5.91 Å². The third kappa shape index (κ3) is 3.98. The van der Waals surface area contributed by atoms with Crippen molar-refractivity contribution >= 4 is 29.5 Å². The van der Waals surface area contributed by atoms with E-state index in [4.69, 9.17) is 5.11 Å². The van der Waals surface area contributed by atoms with Gasteiger partial charge in [0.1, 0.15) is 6.04 Å². The number of aliphatic carboxylic acids is 1. The van der Waals surface area contributed by atoms with Gasteiger partial charge < -0.3 is 15.3 Å². The monoisotopic (exact) mass is 308 g/mol. The largest absolute Gasteiger partial charge is 0.480 e. The van der Waals surface area contributed by atoms with E-state index in [-0.39, 0.29) is 24.8 Å². The normalized spacial score (nSPS) is 17.5. The van der Waals surface area contributed by atoms with Crippen LogP contribution < -0.4 is 5.32 Å². The molecule has 0 saturated carbocycles. The van der Waals surface area contributed by atoms with Crippen LogP contribution in [0, 0.1) is 0 Å². The average Bonchev–Trinajstić information content (AvgIpc) is 2.97. The molecule has 2 N–H and O–H groups in total. The molecular formula is C14H16N2O4S. The van der Waals surface area contributed by atoms with Gasteiger partial charge in [0.15, 0.2) is 0 Å². The average molecular weight is 308 g/mol. The fraction of sp³-hybridized carbons (Fsp3) is 0.357. The summed E-state index contributed by atoms with van der Waals surface area (Å²) in [5, 5.41) is 11.7. The fourth-order valence-electron chi connectivity index (χ4n) is 2.01. The number of carbonyl (C=O) groups excluding carboxylic acids is 2.